The van der Waals surface area contributed by atoms with Crippen LogP contribution in [0, 0.1) is 13.8 Å². The largest absolute Gasteiger partial charge is 0.471 e. The van der Waals surface area contributed by atoms with Crippen LogP contribution in [-0.2, 0) is 13.8 Å². The Morgan fingerprint density at radius 1 is 1.17 bits per heavy atom. The van der Waals surface area contributed by atoms with Crippen LogP contribution in [-0.4, -0.2) is 25.5 Å². The molecule has 3 rings (SSSR count). The van der Waals surface area contributed by atoms with Gasteiger partial charge in [0.2, 0.25) is 0 Å². The molecule has 0 unspecified atom stereocenters. The number of hydrogen-bond acceptors (Lipinski definition) is 4. The SMILES string of the molecule is Cc1ccc(OCn2ccc(C(=O)Nc3ccn(C)n3)n2)c(C)c1. The smallest absolute Gasteiger partial charge is 0.277 e. The van der Waals surface area contributed by atoms with Crippen molar-refractivity contribution in [3.63, 3.8) is 0 Å². The van der Waals surface area contributed by atoms with Gasteiger partial charge in [-0.05, 0) is 31.5 Å². The highest BCUT2D eigenvalue weighted by Gasteiger charge is 2.11. The van der Waals surface area contributed by atoms with Crippen LogP contribution < -0.4 is 10.1 Å². The third-order valence-corrected chi connectivity index (χ3v) is 3.51. The van der Waals surface area contributed by atoms with Crippen LogP contribution in [0.2, 0.25) is 0 Å². The molecule has 0 saturated carbocycles. The van der Waals surface area contributed by atoms with Gasteiger partial charge in [-0.15, -0.1) is 0 Å². The van der Waals surface area contributed by atoms with Crippen LogP contribution >= 0.6 is 0 Å². The van der Waals surface area contributed by atoms with Crippen molar-refractivity contribution in [1.82, 2.24) is 19.6 Å². The van der Waals surface area contributed by atoms with E-state index in [4.69, 9.17) is 4.74 Å². The molecule has 2 heterocycles. The van der Waals surface area contributed by atoms with Gasteiger partial charge in [-0.25, -0.2) is 4.68 Å². The zero-order valence-corrected chi connectivity index (χ0v) is 13.9. The van der Waals surface area contributed by atoms with Crippen LogP contribution in [0.1, 0.15) is 21.6 Å². The normalized spacial score (nSPS) is 10.6. The number of rotatable bonds is 5. The number of anilines is 1. The second-order valence-electron chi connectivity index (χ2n) is 5.61. The third kappa shape index (κ3) is 3.62. The van der Waals surface area contributed by atoms with Gasteiger partial charge in [0.25, 0.3) is 5.91 Å². The van der Waals surface area contributed by atoms with Gasteiger partial charge in [-0.2, -0.15) is 10.2 Å². The Morgan fingerprint density at radius 2 is 2.00 bits per heavy atom. The first-order valence-electron chi connectivity index (χ1n) is 7.56. The lowest BCUT2D eigenvalue weighted by Crippen LogP contribution is -2.14. The standard InChI is InChI=1S/C17H19N5O2/c1-12-4-5-15(13(2)10-12)24-11-22-9-6-14(19-22)17(23)18-16-7-8-21(3)20-16/h4-10H,11H2,1-3H3,(H,18,20,23). The Kier molecular flexibility index (Phi) is 4.33. The third-order valence-electron chi connectivity index (χ3n) is 3.51. The van der Waals surface area contributed by atoms with E-state index in [-0.39, 0.29) is 12.6 Å². The minimum absolute atomic E-state index is 0.237. The molecule has 1 aromatic carbocycles. The lowest BCUT2D eigenvalue weighted by Gasteiger charge is -2.09. The Hall–Kier alpha value is -3.09. The number of carbonyl (C=O) groups is 1. The maximum absolute atomic E-state index is 12.1. The first-order valence-corrected chi connectivity index (χ1v) is 7.56. The van der Waals surface area contributed by atoms with E-state index >= 15 is 0 Å². The number of aryl methyl sites for hydroxylation is 3. The maximum atomic E-state index is 12.1. The molecule has 0 aliphatic carbocycles. The van der Waals surface area contributed by atoms with Gasteiger partial charge in [0.05, 0.1) is 0 Å². The highest BCUT2D eigenvalue weighted by Crippen LogP contribution is 2.19. The molecule has 7 nitrogen and oxygen atoms in total. The van der Waals surface area contributed by atoms with E-state index < -0.39 is 0 Å². The summed E-state index contributed by atoms with van der Waals surface area (Å²) in [5.41, 5.74) is 2.56. The molecule has 0 bridgehead atoms. The number of ether oxygens (including phenoxy) is 1. The van der Waals surface area contributed by atoms with Crippen LogP contribution in [0.4, 0.5) is 5.82 Å². The van der Waals surface area contributed by atoms with Crippen LogP contribution in [0.15, 0.2) is 42.7 Å². The summed E-state index contributed by atoms with van der Waals surface area (Å²) in [5.74, 6) is 0.984. The van der Waals surface area contributed by atoms with Gasteiger partial charge in [0.1, 0.15) is 5.75 Å². The van der Waals surface area contributed by atoms with Gasteiger partial charge in [-0.3, -0.25) is 9.48 Å². The van der Waals surface area contributed by atoms with Crippen molar-refractivity contribution >= 4 is 11.7 Å². The molecule has 24 heavy (non-hydrogen) atoms. The highest BCUT2D eigenvalue weighted by atomic mass is 16.5. The van der Waals surface area contributed by atoms with Crippen molar-refractivity contribution in [3.05, 3.63) is 59.5 Å². The second kappa shape index (κ2) is 6.57. The summed E-state index contributed by atoms with van der Waals surface area (Å²) in [6.45, 7) is 4.27. The molecule has 3 aromatic rings. The number of benzene rings is 1. The fourth-order valence-electron chi connectivity index (χ4n) is 2.31. The molecule has 0 spiro atoms. The molecule has 0 aliphatic heterocycles. The van der Waals surface area contributed by atoms with Crippen molar-refractivity contribution in [2.75, 3.05) is 5.32 Å². The molecule has 0 aliphatic rings. The fraction of sp³-hybridized carbons (Fsp3) is 0.235. The monoisotopic (exact) mass is 325 g/mol. The highest BCUT2D eigenvalue weighted by molar-refractivity contribution is 6.02. The lowest BCUT2D eigenvalue weighted by atomic mass is 10.1. The van der Waals surface area contributed by atoms with Gasteiger partial charge < -0.3 is 10.1 Å². The molecule has 124 valence electrons. The van der Waals surface area contributed by atoms with Gasteiger partial charge in [-0.1, -0.05) is 17.7 Å². The minimum atomic E-state index is -0.307. The molecule has 7 heteroatoms. The molecule has 0 saturated heterocycles. The summed E-state index contributed by atoms with van der Waals surface area (Å²) in [4.78, 5) is 12.1. The quantitative estimate of drug-likeness (QED) is 0.782. The second-order valence-corrected chi connectivity index (χ2v) is 5.61. The minimum Gasteiger partial charge on any atom is -0.471 e. The number of hydrogen-bond donors (Lipinski definition) is 1. The van der Waals surface area contributed by atoms with Crippen LogP contribution in [0.3, 0.4) is 0 Å². The number of amides is 1. The zero-order chi connectivity index (χ0) is 17.1. The predicted octanol–water partition coefficient (Wildman–Crippen LogP) is 2.52. The summed E-state index contributed by atoms with van der Waals surface area (Å²) >= 11 is 0. The summed E-state index contributed by atoms with van der Waals surface area (Å²) in [6, 6.07) is 9.35. The Bertz CT molecular complexity index is 866. The van der Waals surface area contributed by atoms with E-state index in [9.17, 15) is 4.79 Å². The molecular formula is C17H19N5O2. The Balaban J connectivity index is 1.61. The van der Waals surface area contributed by atoms with Crippen molar-refractivity contribution in [2.24, 2.45) is 7.05 Å². The van der Waals surface area contributed by atoms with E-state index in [1.165, 1.54) is 5.56 Å². The zero-order valence-electron chi connectivity index (χ0n) is 13.9. The van der Waals surface area contributed by atoms with Gasteiger partial charge in [0, 0.05) is 25.5 Å². The topological polar surface area (TPSA) is 74.0 Å². The van der Waals surface area contributed by atoms with E-state index in [2.05, 4.69) is 21.6 Å². The summed E-state index contributed by atoms with van der Waals surface area (Å²) in [7, 11) is 1.79. The van der Waals surface area contributed by atoms with Gasteiger partial charge >= 0.3 is 0 Å². The summed E-state index contributed by atoms with van der Waals surface area (Å²) < 4.78 is 8.94. The maximum Gasteiger partial charge on any atom is 0.277 e. The Morgan fingerprint density at radius 3 is 2.71 bits per heavy atom. The number of carbonyl (C=O) groups excluding carboxylic acids is 1. The first kappa shape index (κ1) is 15.8. The van der Waals surface area contributed by atoms with Crippen molar-refractivity contribution < 1.29 is 9.53 Å². The molecule has 0 atom stereocenters. The van der Waals surface area contributed by atoms with E-state index in [0.717, 1.165) is 11.3 Å². The van der Waals surface area contributed by atoms with E-state index in [0.29, 0.717) is 11.5 Å². The molecule has 0 fully saturated rings. The average Bonchev–Trinajstić information content (AvgIpc) is 3.15. The fourth-order valence-corrected chi connectivity index (χ4v) is 2.31. The molecule has 2 aromatic heterocycles. The number of aromatic nitrogens is 4. The predicted molar refractivity (Wildman–Crippen MR) is 89.9 cm³/mol. The molecule has 0 radical (unpaired) electrons. The van der Waals surface area contributed by atoms with E-state index in [1.54, 1.807) is 40.9 Å². The van der Waals surface area contributed by atoms with Crippen LogP contribution in [0.25, 0.3) is 0 Å². The number of nitrogens with one attached hydrogen (secondary N) is 1. The summed E-state index contributed by atoms with van der Waals surface area (Å²) in [5, 5.41) is 11.0. The lowest BCUT2D eigenvalue weighted by molar-refractivity contribution is 0.101. The molecular weight excluding hydrogens is 306 g/mol. The van der Waals surface area contributed by atoms with Crippen molar-refractivity contribution in [3.8, 4) is 5.75 Å². The molecule has 1 N–H and O–H groups in total. The van der Waals surface area contributed by atoms with Crippen molar-refractivity contribution in [2.45, 2.75) is 20.6 Å². The van der Waals surface area contributed by atoms with Crippen LogP contribution in [0.5, 0.6) is 5.75 Å². The first-order chi connectivity index (χ1) is 11.5. The van der Waals surface area contributed by atoms with Gasteiger partial charge in [0.15, 0.2) is 18.2 Å². The average molecular weight is 325 g/mol. The molecule has 1 amide bonds. The van der Waals surface area contributed by atoms with E-state index in [1.807, 2.05) is 26.0 Å². The summed E-state index contributed by atoms with van der Waals surface area (Å²) in [6.07, 6.45) is 3.46. The number of nitrogens with zero attached hydrogens (tertiary/aromatic N) is 4. The Labute approximate surface area is 139 Å². The van der Waals surface area contributed by atoms with Crippen molar-refractivity contribution in [1.29, 1.82) is 0 Å².